The van der Waals surface area contributed by atoms with Crippen molar-refractivity contribution in [2.24, 2.45) is 4.99 Å². The first-order valence-corrected chi connectivity index (χ1v) is 6.97. The van der Waals surface area contributed by atoms with Crippen LogP contribution in [0.3, 0.4) is 0 Å². The Bertz CT molecular complexity index is 469. The number of aliphatic imine (C=N–C) groups is 1. The number of hydrogen-bond acceptors (Lipinski definition) is 3. The molecule has 3 heteroatoms. The number of nitrogens with zero attached hydrogens (tertiary/aromatic N) is 2. The van der Waals surface area contributed by atoms with E-state index >= 15 is 0 Å². The fraction of sp³-hybridized carbons (Fsp3) is 0.462. The summed E-state index contributed by atoms with van der Waals surface area (Å²) < 4.78 is 0. The molecule has 82 valence electrons. The summed E-state index contributed by atoms with van der Waals surface area (Å²) in [5, 5.41) is 1.30. The van der Waals surface area contributed by atoms with Gasteiger partial charge >= 0.3 is 0 Å². The number of fused-ring (bicyclic) bond motifs is 5. The van der Waals surface area contributed by atoms with E-state index in [0.717, 1.165) is 0 Å². The third-order valence-electron chi connectivity index (χ3n) is 3.91. The highest BCUT2D eigenvalue weighted by atomic mass is 32.2. The number of amidine groups is 1. The van der Waals surface area contributed by atoms with Crippen molar-refractivity contribution in [3.8, 4) is 0 Å². The van der Waals surface area contributed by atoms with Crippen LogP contribution in [0.5, 0.6) is 0 Å². The minimum Gasteiger partial charge on any atom is -0.345 e. The average molecular weight is 230 g/mol. The monoisotopic (exact) mass is 230 g/mol. The molecule has 2 nitrogen and oxygen atoms in total. The average Bonchev–Trinajstić information content (AvgIpc) is 2.88. The van der Waals surface area contributed by atoms with Gasteiger partial charge in [-0.05, 0) is 24.0 Å². The Morgan fingerprint density at radius 1 is 1.31 bits per heavy atom. The molecule has 1 aromatic carbocycles. The van der Waals surface area contributed by atoms with Crippen molar-refractivity contribution in [3.63, 3.8) is 0 Å². The van der Waals surface area contributed by atoms with Crippen LogP contribution in [-0.4, -0.2) is 28.4 Å². The van der Waals surface area contributed by atoms with Crippen LogP contribution < -0.4 is 0 Å². The van der Waals surface area contributed by atoms with Gasteiger partial charge < -0.3 is 4.90 Å². The lowest BCUT2D eigenvalue weighted by molar-refractivity contribution is 0.297. The summed E-state index contributed by atoms with van der Waals surface area (Å²) in [5.41, 5.74) is 2.99. The van der Waals surface area contributed by atoms with Crippen molar-refractivity contribution in [3.05, 3.63) is 35.4 Å². The zero-order valence-electron chi connectivity index (χ0n) is 9.10. The molecule has 2 heterocycles. The van der Waals surface area contributed by atoms with Gasteiger partial charge in [0.05, 0.1) is 12.1 Å². The van der Waals surface area contributed by atoms with Crippen LogP contribution in [0.1, 0.15) is 23.6 Å². The van der Waals surface area contributed by atoms with Crippen molar-refractivity contribution in [1.29, 1.82) is 0 Å². The normalized spacial score (nSPS) is 30.8. The predicted octanol–water partition coefficient (Wildman–Crippen LogP) is 2.46. The van der Waals surface area contributed by atoms with E-state index in [-0.39, 0.29) is 0 Å². The Morgan fingerprint density at radius 2 is 2.25 bits per heavy atom. The molecule has 3 aliphatic rings. The maximum atomic E-state index is 4.92. The smallest absolute Gasteiger partial charge is 0.160 e. The zero-order chi connectivity index (χ0) is 10.5. The van der Waals surface area contributed by atoms with Crippen LogP contribution in [0.2, 0.25) is 0 Å². The minimum atomic E-state index is 0.424. The molecule has 0 N–H and O–H groups in total. The molecule has 1 fully saturated rings. The predicted molar refractivity (Wildman–Crippen MR) is 67.9 cm³/mol. The van der Waals surface area contributed by atoms with Gasteiger partial charge in [0, 0.05) is 12.3 Å². The molecular formula is C13H14N2S. The highest BCUT2D eigenvalue weighted by Gasteiger charge is 2.42. The van der Waals surface area contributed by atoms with Crippen molar-refractivity contribution in [2.45, 2.75) is 24.9 Å². The highest BCUT2D eigenvalue weighted by molar-refractivity contribution is 8.14. The van der Waals surface area contributed by atoms with Gasteiger partial charge in [0.25, 0.3) is 0 Å². The lowest BCUT2D eigenvalue weighted by Gasteiger charge is -2.31. The molecule has 0 unspecified atom stereocenters. The lowest BCUT2D eigenvalue weighted by atomic mass is 9.84. The standard InChI is InChI=1S/C13H14N2S/c1-2-4-10-9(3-1)5-6-11-12(10)14-13-15(11)7-8-16-13/h1-4,11-12H,5-8H2/t11-,12-/m0/s1. The maximum absolute atomic E-state index is 4.92. The van der Waals surface area contributed by atoms with Crippen LogP contribution in [-0.2, 0) is 6.42 Å². The molecule has 0 amide bonds. The van der Waals surface area contributed by atoms with Crippen LogP contribution in [0.4, 0.5) is 0 Å². The first-order chi connectivity index (χ1) is 7.93. The molecular weight excluding hydrogens is 216 g/mol. The van der Waals surface area contributed by atoms with Crippen molar-refractivity contribution < 1.29 is 0 Å². The summed E-state index contributed by atoms with van der Waals surface area (Å²) in [6.45, 7) is 1.20. The number of hydrogen-bond donors (Lipinski definition) is 0. The number of benzene rings is 1. The second-order valence-electron chi connectivity index (χ2n) is 4.70. The van der Waals surface area contributed by atoms with Crippen molar-refractivity contribution in [2.75, 3.05) is 12.3 Å². The molecule has 4 rings (SSSR count). The third-order valence-corrected chi connectivity index (χ3v) is 4.89. The Balaban J connectivity index is 1.81. The molecule has 0 bridgehead atoms. The Kier molecular flexibility index (Phi) is 1.86. The molecule has 1 aliphatic carbocycles. The first-order valence-electron chi connectivity index (χ1n) is 5.98. The molecule has 0 radical (unpaired) electrons. The Labute approximate surface area is 99.7 Å². The second kappa shape index (κ2) is 3.27. The van der Waals surface area contributed by atoms with Gasteiger partial charge in [-0.2, -0.15) is 0 Å². The largest absolute Gasteiger partial charge is 0.345 e. The van der Waals surface area contributed by atoms with E-state index in [0.29, 0.717) is 12.1 Å². The van der Waals surface area contributed by atoms with Gasteiger partial charge in [0.1, 0.15) is 0 Å². The third kappa shape index (κ3) is 1.12. The summed E-state index contributed by atoms with van der Waals surface area (Å²) in [6.07, 6.45) is 2.50. The first kappa shape index (κ1) is 9.11. The van der Waals surface area contributed by atoms with E-state index in [4.69, 9.17) is 4.99 Å². The Morgan fingerprint density at radius 3 is 3.25 bits per heavy atom. The fourth-order valence-corrected chi connectivity index (χ4v) is 4.20. The van der Waals surface area contributed by atoms with E-state index in [1.807, 2.05) is 11.8 Å². The number of aryl methyl sites for hydroxylation is 1. The summed E-state index contributed by atoms with van der Waals surface area (Å²) in [6, 6.07) is 9.91. The van der Waals surface area contributed by atoms with Gasteiger partial charge in [0.15, 0.2) is 5.17 Å². The minimum absolute atomic E-state index is 0.424. The number of thioether (sulfide) groups is 1. The summed E-state index contributed by atoms with van der Waals surface area (Å²) in [7, 11) is 0. The van der Waals surface area contributed by atoms with Crippen LogP contribution in [0.25, 0.3) is 0 Å². The Hall–Kier alpha value is -0.960. The van der Waals surface area contributed by atoms with Gasteiger partial charge in [-0.1, -0.05) is 36.0 Å². The zero-order valence-corrected chi connectivity index (χ0v) is 9.91. The van der Waals surface area contributed by atoms with E-state index < -0.39 is 0 Å². The van der Waals surface area contributed by atoms with Crippen LogP contribution in [0.15, 0.2) is 29.3 Å². The van der Waals surface area contributed by atoms with Crippen LogP contribution >= 0.6 is 11.8 Å². The molecule has 0 spiro atoms. The molecule has 2 atom stereocenters. The van der Waals surface area contributed by atoms with Gasteiger partial charge in [-0.3, -0.25) is 4.99 Å². The quantitative estimate of drug-likeness (QED) is 0.680. The summed E-state index contributed by atoms with van der Waals surface area (Å²) >= 11 is 1.93. The molecule has 2 aliphatic heterocycles. The van der Waals surface area contributed by atoms with Gasteiger partial charge in [-0.15, -0.1) is 0 Å². The summed E-state index contributed by atoms with van der Waals surface area (Å²) in [4.78, 5) is 7.45. The van der Waals surface area contributed by atoms with Crippen molar-refractivity contribution in [1.82, 2.24) is 4.90 Å². The molecule has 0 saturated carbocycles. The van der Waals surface area contributed by atoms with E-state index in [2.05, 4.69) is 29.2 Å². The van der Waals surface area contributed by atoms with E-state index in [9.17, 15) is 0 Å². The van der Waals surface area contributed by atoms with Crippen molar-refractivity contribution >= 4 is 16.9 Å². The lowest BCUT2D eigenvalue weighted by Crippen LogP contribution is -2.36. The molecule has 0 aromatic heterocycles. The van der Waals surface area contributed by atoms with Gasteiger partial charge in [-0.25, -0.2) is 0 Å². The number of rotatable bonds is 0. The van der Waals surface area contributed by atoms with Crippen LogP contribution in [0, 0.1) is 0 Å². The second-order valence-corrected chi connectivity index (χ2v) is 5.77. The van der Waals surface area contributed by atoms with Gasteiger partial charge in [0.2, 0.25) is 0 Å². The maximum Gasteiger partial charge on any atom is 0.160 e. The van der Waals surface area contributed by atoms with E-state index in [1.54, 1.807) is 0 Å². The SMILES string of the molecule is c1ccc2c(c1)CC[C@H]1[C@H]2N=C2SCCN21. The topological polar surface area (TPSA) is 15.6 Å². The molecule has 16 heavy (non-hydrogen) atoms. The molecule has 1 saturated heterocycles. The fourth-order valence-electron chi connectivity index (χ4n) is 3.15. The molecule has 1 aromatic rings. The summed E-state index contributed by atoms with van der Waals surface area (Å²) in [5.74, 6) is 1.23. The highest BCUT2D eigenvalue weighted by Crippen LogP contribution is 2.43. The van der Waals surface area contributed by atoms with E-state index in [1.165, 1.54) is 41.4 Å².